The Bertz CT molecular complexity index is 828. The molecule has 0 unspecified atom stereocenters. The van der Waals surface area contributed by atoms with E-state index in [0.29, 0.717) is 12.6 Å². The molecule has 30 heavy (non-hydrogen) atoms. The van der Waals surface area contributed by atoms with Crippen LogP contribution in [0.2, 0.25) is 0 Å². The van der Waals surface area contributed by atoms with Gasteiger partial charge in [-0.15, -0.1) is 11.3 Å². The summed E-state index contributed by atoms with van der Waals surface area (Å²) in [6.07, 6.45) is 4.13. The molecule has 1 saturated carbocycles. The summed E-state index contributed by atoms with van der Waals surface area (Å²) in [5.41, 5.74) is 1.21. The molecular formula is C23H32N4O2S. The maximum absolute atomic E-state index is 11.7. The van der Waals surface area contributed by atoms with Crippen LogP contribution in [0, 0.1) is 0 Å². The highest BCUT2D eigenvalue weighted by atomic mass is 32.1. The van der Waals surface area contributed by atoms with Crippen molar-refractivity contribution >= 4 is 23.2 Å². The Morgan fingerprint density at radius 1 is 1.10 bits per heavy atom. The Kier molecular flexibility index (Phi) is 8.56. The van der Waals surface area contributed by atoms with Gasteiger partial charge in [0.05, 0.1) is 6.54 Å². The Hall–Kier alpha value is -2.54. The van der Waals surface area contributed by atoms with Crippen molar-refractivity contribution in [3.8, 4) is 5.75 Å². The van der Waals surface area contributed by atoms with Gasteiger partial charge in [0.1, 0.15) is 5.75 Å². The molecule has 1 aliphatic rings. The van der Waals surface area contributed by atoms with Gasteiger partial charge in [-0.05, 0) is 62.4 Å². The molecule has 1 aliphatic carbocycles. The van der Waals surface area contributed by atoms with Crippen LogP contribution in [0.3, 0.4) is 0 Å². The average Bonchev–Trinajstić information content (AvgIpc) is 3.45. The molecule has 0 atom stereocenters. The van der Waals surface area contributed by atoms with Gasteiger partial charge in [0.2, 0.25) is 0 Å². The molecule has 0 radical (unpaired) electrons. The maximum atomic E-state index is 11.7. The van der Waals surface area contributed by atoms with Gasteiger partial charge in [0, 0.05) is 28.9 Å². The molecule has 7 heteroatoms. The normalized spacial score (nSPS) is 13.7. The number of guanidine groups is 1. The predicted octanol–water partition coefficient (Wildman–Crippen LogP) is 3.27. The molecule has 3 rings (SSSR count). The first-order valence-electron chi connectivity index (χ1n) is 10.8. The van der Waals surface area contributed by atoms with Crippen molar-refractivity contribution < 1.29 is 9.53 Å². The third kappa shape index (κ3) is 7.71. The van der Waals surface area contributed by atoms with Crippen LogP contribution in [0.4, 0.5) is 0 Å². The number of aliphatic imine (C=N–C) groups is 1. The predicted molar refractivity (Wildman–Crippen MR) is 123 cm³/mol. The first-order chi connectivity index (χ1) is 14.7. The molecule has 1 fully saturated rings. The molecule has 6 nitrogen and oxygen atoms in total. The molecule has 0 bridgehead atoms. The first-order valence-corrected chi connectivity index (χ1v) is 11.6. The van der Waals surface area contributed by atoms with Gasteiger partial charge in [-0.3, -0.25) is 4.79 Å². The van der Waals surface area contributed by atoms with E-state index < -0.39 is 0 Å². The van der Waals surface area contributed by atoms with Crippen LogP contribution in [0.1, 0.15) is 42.0 Å². The minimum atomic E-state index is -0.0468. The standard InChI is InChI=1S/C23H32N4O2S/c1-3-20-11-12-21(30-20)15-26-23(24-4-2)25-14-13-17-5-9-19(10-6-17)29-16-22(28)27-18-7-8-18/h5-6,9-12,18H,3-4,7-8,13-16H2,1-2H3,(H,27,28)(H2,24,25,26). The number of thiophene rings is 1. The molecule has 0 spiro atoms. The van der Waals surface area contributed by atoms with Gasteiger partial charge >= 0.3 is 0 Å². The molecule has 1 amide bonds. The zero-order valence-corrected chi connectivity index (χ0v) is 18.7. The van der Waals surface area contributed by atoms with E-state index in [9.17, 15) is 4.79 Å². The Morgan fingerprint density at radius 2 is 1.87 bits per heavy atom. The van der Waals surface area contributed by atoms with Gasteiger partial charge < -0.3 is 20.7 Å². The number of nitrogens with zero attached hydrogens (tertiary/aromatic N) is 1. The minimum Gasteiger partial charge on any atom is -0.484 e. The van der Waals surface area contributed by atoms with Crippen molar-refractivity contribution in [2.24, 2.45) is 4.99 Å². The summed E-state index contributed by atoms with van der Waals surface area (Å²) in [6.45, 7) is 6.64. The van der Waals surface area contributed by atoms with Crippen LogP contribution in [0.15, 0.2) is 41.4 Å². The number of carbonyl (C=O) groups is 1. The largest absolute Gasteiger partial charge is 0.484 e. The fourth-order valence-corrected chi connectivity index (χ4v) is 3.80. The van der Waals surface area contributed by atoms with Gasteiger partial charge in [-0.2, -0.15) is 0 Å². The lowest BCUT2D eigenvalue weighted by Crippen LogP contribution is -2.38. The summed E-state index contributed by atoms with van der Waals surface area (Å²) in [7, 11) is 0. The van der Waals surface area contributed by atoms with E-state index in [1.807, 2.05) is 35.6 Å². The molecule has 1 heterocycles. The highest BCUT2D eigenvalue weighted by Crippen LogP contribution is 2.19. The molecule has 2 aromatic rings. The Morgan fingerprint density at radius 3 is 2.53 bits per heavy atom. The van der Waals surface area contributed by atoms with E-state index in [2.05, 4.69) is 46.9 Å². The zero-order valence-electron chi connectivity index (χ0n) is 17.9. The number of amides is 1. The lowest BCUT2D eigenvalue weighted by molar-refractivity contribution is -0.123. The van der Waals surface area contributed by atoms with Crippen LogP contribution in [0.25, 0.3) is 0 Å². The van der Waals surface area contributed by atoms with E-state index in [4.69, 9.17) is 4.74 Å². The lowest BCUT2D eigenvalue weighted by Gasteiger charge is -2.11. The van der Waals surface area contributed by atoms with Gasteiger partial charge in [0.15, 0.2) is 12.6 Å². The number of carbonyl (C=O) groups excluding carboxylic acids is 1. The number of hydrogen-bond donors (Lipinski definition) is 3. The van der Waals surface area contributed by atoms with Crippen molar-refractivity contribution in [3.63, 3.8) is 0 Å². The average molecular weight is 429 g/mol. The summed E-state index contributed by atoms with van der Waals surface area (Å²) in [4.78, 5) is 19.1. The Labute approximate surface area is 183 Å². The van der Waals surface area contributed by atoms with Gasteiger partial charge in [-0.25, -0.2) is 4.99 Å². The second-order valence-electron chi connectivity index (χ2n) is 7.37. The second kappa shape index (κ2) is 11.6. The summed E-state index contributed by atoms with van der Waals surface area (Å²) >= 11 is 1.83. The molecule has 162 valence electrons. The summed E-state index contributed by atoms with van der Waals surface area (Å²) in [5, 5.41) is 9.62. The lowest BCUT2D eigenvalue weighted by atomic mass is 10.1. The van der Waals surface area contributed by atoms with E-state index in [-0.39, 0.29) is 12.5 Å². The Balaban J connectivity index is 1.40. The van der Waals surface area contributed by atoms with E-state index in [1.54, 1.807) is 0 Å². The van der Waals surface area contributed by atoms with Gasteiger partial charge in [-0.1, -0.05) is 19.1 Å². The molecular weight excluding hydrogens is 396 g/mol. The second-order valence-corrected chi connectivity index (χ2v) is 8.62. The van der Waals surface area contributed by atoms with Crippen LogP contribution >= 0.6 is 11.3 Å². The maximum Gasteiger partial charge on any atom is 0.258 e. The summed E-state index contributed by atoms with van der Waals surface area (Å²) < 4.78 is 5.55. The summed E-state index contributed by atoms with van der Waals surface area (Å²) in [6, 6.07) is 12.6. The topological polar surface area (TPSA) is 74.8 Å². The number of rotatable bonds is 11. The molecule has 3 N–H and O–H groups in total. The van der Waals surface area contributed by atoms with Crippen molar-refractivity contribution in [2.75, 3.05) is 19.7 Å². The van der Waals surface area contributed by atoms with Crippen LogP contribution in [-0.4, -0.2) is 37.6 Å². The number of aryl methyl sites for hydroxylation is 1. The number of nitrogens with one attached hydrogen (secondary N) is 3. The van der Waals surface area contributed by atoms with Crippen LogP contribution in [-0.2, 0) is 24.2 Å². The van der Waals surface area contributed by atoms with Crippen LogP contribution < -0.4 is 20.7 Å². The van der Waals surface area contributed by atoms with Gasteiger partial charge in [0.25, 0.3) is 5.91 Å². The highest BCUT2D eigenvalue weighted by molar-refractivity contribution is 7.11. The fraction of sp³-hybridized carbons (Fsp3) is 0.478. The quantitative estimate of drug-likeness (QED) is 0.379. The molecule has 1 aromatic heterocycles. The first kappa shape index (κ1) is 22.2. The van der Waals surface area contributed by atoms with E-state index in [0.717, 1.165) is 50.5 Å². The smallest absolute Gasteiger partial charge is 0.258 e. The van der Waals surface area contributed by atoms with E-state index in [1.165, 1.54) is 15.3 Å². The van der Waals surface area contributed by atoms with Crippen molar-refractivity contribution in [1.29, 1.82) is 0 Å². The van der Waals surface area contributed by atoms with Crippen LogP contribution in [0.5, 0.6) is 5.75 Å². The minimum absolute atomic E-state index is 0.0468. The fourth-order valence-electron chi connectivity index (χ4n) is 2.92. The zero-order chi connectivity index (χ0) is 21.2. The third-order valence-electron chi connectivity index (χ3n) is 4.74. The van der Waals surface area contributed by atoms with E-state index >= 15 is 0 Å². The number of ether oxygens (including phenoxy) is 1. The van der Waals surface area contributed by atoms with Crippen molar-refractivity contribution in [1.82, 2.24) is 16.0 Å². The molecule has 0 aliphatic heterocycles. The third-order valence-corrected chi connectivity index (χ3v) is 5.96. The van der Waals surface area contributed by atoms with Crippen molar-refractivity contribution in [3.05, 3.63) is 51.7 Å². The molecule has 0 saturated heterocycles. The number of benzene rings is 1. The highest BCUT2D eigenvalue weighted by Gasteiger charge is 2.23. The summed E-state index contributed by atoms with van der Waals surface area (Å²) in [5.74, 6) is 1.51. The molecule has 1 aromatic carbocycles. The SMILES string of the molecule is CCNC(=NCc1ccc(CC)s1)NCCc1ccc(OCC(=O)NC2CC2)cc1. The van der Waals surface area contributed by atoms with Crippen molar-refractivity contribution in [2.45, 2.75) is 52.1 Å². The number of hydrogen-bond acceptors (Lipinski definition) is 4. The monoisotopic (exact) mass is 428 g/mol.